The molecule has 2 rings (SSSR count). The van der Waals surface area contributed by atoms with E-state index in [1.54, 1.807) is 4.40 Å². The molecular weight excluding hydrogens is 316 g/mol. The number of aromatic nitrogens is 2. The first kappa shape index (κ1) is 12.0. The van der Waals surface area contributed by atoms with Crippen LogP contribution in [-0.2, 0) is 4.18 Å². The maximum absolute atomic E-state index is 5.96. The summed E-state index contributed by atoms with van der Waals surface area (Å²) in [6, 6.07) is 3.73. The van der Waals surface area contributed by atoms with Crippen molar-refractivity contribution in [3.63, 3.8) is 0 Å². The SMILES string of the molecule is CCOSOc1c(Cl)nc2ccc(Br)cn12. The number of fused-ring (bicyclic) bond motifs is 1. The molecule has 7 heteroatoms. The Hall–Kier alpha value is -0.430. The van der Waals surface area contributed by atoms with E-state index in [1.807, 2.05) is 25.3 Å². The highest BCUT2D eigenvalue weighted by Crippen LogP contribution is 2.29. The molecule has 0 radical (unpaired) electrons. The molecule has 0 N–H and O–H groups in total. The molecule has 0 aliphatic rings. The molecule has 0 aliphatic heterocycles. The van der Waals surface area contributed by atoms with Gasteiger partial charge in [-0.1, -0.05) is 11.6 Å². The van der Waals surface area contributed by atoms with Gasteiger partial charge in [-0.15, -0.1) is 0 Å². The Balaban J connectivity index is 2.34. The minimum Gasteiger partial charge on any atom is -0.378 e. The van der Waals surface area contributed by atoms with Gasteiger partial charge in [-0.05, 0) is 35.0 Å². The molecule has 0 fully saturated rings. The Bertz CT molecular complexity index is 505. The van der Waals surface area contributed by atoms with E-state index in [2.05, 4.69) is 20.9 Å². The maximum atomic E-state index is 5.96. The predicted octanol–water partition coefficient (Wildman–Crippen LogP) is 3.73. The third-order valence-corrected chi connectivity index (χ3v) is 3.05. The number of hydrogen-bond donors (Lipinski definition) is 0. The van der Waals surface area contributed by atoms with Crippen molar-refractivity contribution < 1.29 is 8.37 Å². The summed E-state index contributed by atoms with van der Waals surface area (Å²) in [5, 5.41) is 0.310. The molecule has 2 aromatic rings. The molecule has 16 heavy (non-hydrogen) atoms. The molecule has 86 valence electrons. The summed E-state index contributed by atoms with van der Waals surface area (Å²) in [5.74, 6) is 0.455. The summed E-state index contributed by atoms with van der Waals surface area (Å²) in [4.78, 5) is 4.15. The Morgan fingerprint density at radius 1 is 1.56 bits per heavy atom. The minimum atomic E-state index is 0.310. The summed E-state index contributed by atoms with van der Waals surface area (Å²) < 4.78 is 13.0. The fourth-order valence-electron chi connectivity index (χ4n) is 1.15. The van der Waals surface area contributed by atoms with Crippen molar-refractivity contribution in [1.29, 1.82) is 0 Å². The molecule has 0 atom stereocenters. The molecule has 0 saturated carbocycles. The van der Waals surface area contributed by atoms with Gasteiger partial charge in [-0.3, -0.25) is 8.58 Å². The lowest BCUT2D eigenvalue weighted by molar-refractivity contribution is 0.366. The van der Waals surface area contributed by atoms with Crippen LogP contribution in [0.3, 0.4) is 0 Å². The molecule has 4 nitrogen and oxygen atoms in total. The average molecular weight is 324 g/mol. The molecule has 0 unspecified atom stereocenters. The second kappa shape index (κ2) is 5.27. The summed E-state index contributed by atoms with van der Waals surface area (Å²) in [6.45, 7) is 2.44. The van der Waals surface area contributed by atoms with Gasteiger partial charge in [0, 0.05) is 10.7 Å². The Morgan fingerprint density at radius 2 is 2.38 bits per heavy atom. The second-order valence-electron chi connectivity index (χ2n) is 2.84. The number of rotatable bonds is 4. The third kappa shape index (κ3) is 2.45. The molecular formula is C9H8BrClN2O2S. The Morgan fingerprint density at radius 3 is 3.12 bits per heavy atom. The van der Waals surface area contributed by atoms with Crippen molar-refractivity contribution in [3.8, 4) is 5.88 Å². The Labute approximate surface area is 110 Å². The van der Waals surface area contributed by atoms with E-state index in [9.17, 15) is 0 Å². The normalized spacial score (nSPS) is 10.9. The van der Waals surface area contributed by atoms with Crippen molar-refractivity contribution in [2.24, 2.45) is 0 Å². The average Bonchev–Trinajstić information content (AvgIpc) is 2.56. The molecule has 0 saturated heterocycles. The summed E-state index contributed by atoms with van der Waals surface area (Å²) in [6.07, 6.45) is 1.83. The van der Waals surface area contributed by atoms with Gasteiger partial charge in [0.05, 0.1) is 6.61 Å². The first-order chi connectivity index (χ1) is 7.72. The highest BCUT2D eigenvalue weighted by atomic mass is 79.9. The van der Waals surface area contributed by atoms with E-state index < -0.39 is 0 Å². The van der Waals surface area contributed by atoms with E-state index in [1.165, 1.54) is 0 Å². The van der Waals surface area contributed by atoms with Gasteiger partial charge in [0.1, 0.15) is 5.65 Å². The lowest BCUT2D eigenvalue weighted by atomic mass is 10.5. The van der Waals surface area contributed by atoms with Crippen LogP contribution in [-0.4, -0.2) is 16.0 Å². The summed E-state index contributed by atoms with van der Waals surface area (Å²) in [5.41, 5.74) is 0.722. The second-order valence-corrected chi connectivity index (χ2v) is 4.65. The van der Waals surface area contributed by atoms with Gasteiger partial charge in [-0.25, -0.2) is 4.98 Å². The maximum Gasteiger partial charge on any atom is 0.255 e. The van der Waals surface area contributed by atoms with Crippen molar-refractivity contribution in [3.05, 3.63) is 28.0 Å². The van der Waals surface area contributed by atoms with Gasteiger partial charge < -0.3 is 4.18 Å². The summed E-state index contributed by atoms with van der Waals surface area (Å²) >= 11 is 10.2. The molecule has 0 bridgehead atoms. The molecule has 2 aromatic heterocycles. The predicted molar refractivity (Wildman–Crippen MR) is 67.7 cm³/mol. The monoisotopic (exact) mass is 322 g/mol. The first-order valence-electron chi connectivity index (χ1n) is 4.51. The zero-order valence-corrected chi connectivity index (χ0v) is 11.5. The fourth-order valence-corrected chi connectivity index (χ4v) is 2.11. The number of halogens is 2. The van der Waals surface area contributed by atoms with E-state index in [0.29, 0.717) is 17.6 Å². The highest BCUT2D eigenvalue weighted by molar-refractivity contribution is 9.10. The van der Waals surface area contributed by atoms with Crippen LogP contribution in [0.15, 0.2) is 22.8 Å². The molecule has 0 amide bonds. The van der Waals surface area contributed by atoms with Crippen LogP contribution in [0.2, 0.25) is 5.15 Å². The van der Waals surface area contributed by atoms with Crippen LogP contribution >= 0.6 is 39.9 Å². The number of pyridine rings is 1. The van der Waals surface area contributed by atoms with Crippen LogP contribution in [0.1, 0.15) is 6.92 Å². The molecule has 0 aliphatic carbocycles. The van der Waals surface area contributed by atoms with Gasteiger partial charge >= 0.3 is 0 Å². The van der Waals surface area contributed by atoms with Crippen LogP contribution in [0.5, 0.6) is 5.88 Å². The Kier molecular flexibility index (Phi) is 3.96. The minimum absolute atomic E-state index is 0.310. The van der Waals surface area contributed by atoms with Crippen molar-refractivity contribution in [2.45, 2.75) is 6.92 Å². The van der Waals surface area contributed by atoms with Gasteiger partial charge in [-0.2, -0.15) is 0 Å². The van der Waals surface area contributed by atoms with Crippen LogP contribution in [0.4, 0.5) is 0 Å². The van der Waals surface area contributed by atoms with E-state index in [-0.39, 0.29) is 0 Å². The first-order valence-corrected chi connectivity index (χ1v) is 6.35. The van der Waals surface area contributed by atoms with E-state index in [0.717, 1.165) is 22.4 Å². The van der Waals surface area contributed by atoms with Crippen molar-refractivity contribution in [1.82, 2.24) is 9.38 Å². The number of nitrogens with zero attached hydrogens (tertiary/aromatic N) is 2. The third-order valence-electron chi connectivity index (χ3n) is 1.78. The highest BCUT2D eigenvalue weighted by Gasteiger charge is 2.12. The lowest BCUT2D eigenvalue weighted by Gasteiger charge is -2.02. The number of hydrogen-bond acceptors (Lipinski definition) is 4. The number of imidazole rings is 1. The van der Waals surface area contributed by atoms with Crippen LogP contribution in [0.25, 0.3) is 5.65 Å². The topological polar surface area (TPSA) is 35.8 Å². The van der Waals surface area contributed by atoms with Gasteiger partial charge in [0.25, 0.3) is 5.88 Å². The van der Waals surface area contributed by atoms with Crippen molar-refractivity contribution in [2.75, 3.05) is 6.61 Å². The quantitative estimate of drug-likeness (QED) is 0.634. The van der Waals surface area contributed by atoms with Gasteiger partial charge in [0.2, 0.25) is 12.3 Å². The van der Waals surface area contributed by atoms with E-state index >= 15 is 0 Å². The fraction of sp³-hybridized carbons (Fsp3) is 0.222. The molecule has 0 spiro atoms. The smallest absolute Gasteiger partial charge is 0.255 e. The van der Waals surface area contributed by atoms with Crippen LogP contribution < -0.4 is 4.18 Å². The van der Waals surface area contributed by atoms with E-state index in [4.69, 9.17) is 20.0 Å². The zero-order valence-electron chi connectivity index (χ0n) is 8.31. The van der Waals surface area contributed by atoms with Crippen LogP contribution in [0, 0.1) is 0 Å². The zero-order chi connectivity index (χ0) is 11.5. The van der Waals surface area contributed by atoms with Crippen molar-refractivity contribution >= 4 is 45.5 Å². The lowest BCUT2D eigenvalue weighted by Crippen LogP contribution is -1.91. The summed E-state index contributed by atoms with van der Waals surface area (Å²) in [7, 11) is 0. The standard InChI is InChI=1S/C9H8BrClN2O2S/c1-2-14-16-15-9-8(11)12-7-4-3-6(10)5-13(7)9/h3-5H,2H2,1H3. The molecule has 0 aromatic carbocycles. The molecule has 2 heterocycles. The van der Waals surface area contributed by atoms with Gasteiger partial charge in [0.15, 0.2) is 5.15 Å². The largest absolute Gasteiger partial charge is 0.378 e.